The maximum absolute atomic E-state index is 12.4. The van der Waals surface area contributed by atoms with Gasteiger partial charge in [0.1, 0.15) is 4.88 Å². The van der Waals surface area contributed by atoms with E-state index < -0.39 is 5.97 Å². The number of H-pyrrole nitrogens is 1. The lowest BCUT2D eigenvalue weighted by atomic mass is 9.97. The first kappa shape index (κ1) is 16.4. The second-order valence-electron chi connectivity index (χ2n) is 5.78. The predicted molar refractivity (Wildman–Crippen MR) is 88.8 cm³/mol. The first-order valence-electron chi connectivity index (χ1n) is 7.64. The molecule has 1 aliphatic heterocycles. The van der Waals surface area contributed by atoms with Gasteiger partial charge in [-0.3, -0.25) is 9.59 Å². The van der Waals surface area contributed by atoms with Crippen LogP contribution in [-0.4, -0.2) is 44.9 Å². The summed E-state index contributed by atoms with van der Waals surface area (Å²) in [5.74, 6) is -0.927. The molecule has 0 radical (unpaired) electrons. The van der Waals surface area contributed by atoms with E-state index in [4.69, 9.17) is 5.11 Å². The van der Waals surface area contributed by atoms with Crippen molar-refractivity contribution in [1.82, 2.24) is 14.9 Å². The molecule has 1 aliphatic rings. The number of aromatic carboxylic acids is 1. The molecule has 0 atom stereocenters. The van der Waals surface area contributed by atoms with Crippen molar-refractivity contribution in [1.29, 1.82) is 0 Å². The van der Waals surface area contributed by atoms with Crippen LogP contribution in [0.4, 0.5) is 0 Å². The van der Waals surface area contributed by atoms with Crippen molar-refractivity contribution < 1.29 is 14.7 Å². The van der Waals surface area contributed by atoms with Crippen molar-refractivity contribution in [3.63, 3.8) is 0 Å². The highest BCUT2D eigenvalue weighted by atomic mass is 32.1. The zero-order valence-electron chi connectivity index (χ0n) is 13.1. The molecule has 7 nitrogen and oxygen atoms in total. The fourth-order valence-corrected chi connectivity index (χ4v) is 3.95. The fourth-order valence-electron chi connectivity index (χ4n) is 2.88. The van der Waals surface area contributed by atoms with Crippen LogP contribution in [0, 0.1) is 6.92 Å². The van der Waals surface area contributed by atoms with Gasteiger partial charge in [0.05, 0.1) is 10.7 Å². The monoisotopic (exact) mass is 347 g/mol. The van der Waals surface area contributed by atoms with E-state index in [-0.39, 0.29) is 22.3 Å². The van der Waals surface area contributed by atoms with Gasteiger partial charge in [0, 0.05) is 36.8 Å². The predicted octanol–water partition coefficient (Wildman–Crippen LogP) is 1.86. The third-order valence-corrected chi connectivity index (χ3v) is 5.47. The number of pyridine rings is 1. The Hall–Kier alpha value is -2.48. The molecule has 0 saturated carbocycles. The Kier molecular flexibility index (Phi) is 4.48. The minimum atomic E-state index is -0.946. The Labute approximate surface area is 142 Å². The van der Waals surface area contributed by atoms with Gasteiger partial charge in [0.25, 0.3) is 5.91 Å². The number of carboxylic acids is 1. The smallest absolute Gasteiger partial charge is 0.347 e. The lowest BCUT2D eigenvalue weighted by Gasteiger charge is -2.31. The van der Waals surface area contributed by atoms with E-state index in [0.29, 0.717) is 24.3 Å². The number of aromatic nitrogens is 2. The number of likely N-dealkylation sites (tertiary alicyclic amines) is 1. The van der Waals surface area contributed by atoms with E-state index >= 15 is 0 Å². The van der Waals surface area contributed by atoms with E-state index in [9.17, 15) is 14.4 Å². The van der Waals surface area contributed by atoms with Crippen molar-refractivity contribution in [2.24, 2.45) is 0 Å². The number of rotatable bonds is 3. The topological polar surface area (TPSA) is 103 Å². The van der Waals surface area contributed by atoms with E-state index in [1.54, 1.807) is 17.9 Å². The quantitative estimate of drug-likeness (QED) is 0.882. The molecule has 0 bridgehead atoms. The molecule has 2 aromatic heterocycles. The molecular formula is C16H17N3O4S. The number of amides is 1. The SMILES string of the molecule is Cc1nc(C2CCN(C(=O)c3cc[nH]c(=O)c3)CC2)sc1C(=O)O. The second kappa shape index (κ2) is 6.56. The van der Waals surface area contributed by atoms with Crippen LogP contribution in [0.3, 0.4) is 0 Å². The number of hydrogen-bond acceptors (Lipinski definition) is 5. The molecule has 3 rings (SSSR count). The van der Waals surface area contributed by atoms with Gasteiger partial charge in [-0.15, -0.1) is 11.3 Å². The van der Waals surface area contributed by atoms with Crippen LogP contribution in [0.5, 0.6) is 0 Å². The number of piperidine rings is 1. The zero-order chi connectivity index (χ0) is 17.3. The molecule has 2 aromatic rings. The van der Waals surface area contributed by atoms with Crippen molar-refractivity contribution in [3.05, 3.63) is 49.8 Å². The van der Waals surface area contributed by atoms with Crippen LogP contribution in [0.25, 0.3) is 0 Å². The number of carbonyl (C=O) groups is 2. The summed E-state index contributed by atoms with van der Waals surface area (Å²) in [6.07, 6.45) is 2.94. The van der Waals surface area contributed by atoms with Gasteiger partial charge in [-0.25, -0.2) is 9.78 Å². The summed E-state index contributed by atoms with van der Waals surface area (Å²) in [6.45, 7) is 2.84. The van der Waals surface area contributed by atoms with E-state index in [0.717, 1.165) is 17.8 Å². The molecule has 0 unspecified atom stereocenters. The average Bonchev–Trinajstić information content (AvgIpc) is 2.96. The lowest BCUT2D eigenvalue weighted by molar-refractivity contribution is 0.0696. The molecule has 1 fully saturated rings. The van der Waals surface area contributed by atoms with E-state index in [1.807, 2.05) is 0 Å². The highest BCUT2D eigenvalue weighted by molar-refractivity contribution is 7.13. The van der Waals surface area contributed by atoms with Crippen molar-refractivity contribution in [2.45, 2.75) is 25.7 Å². The number of carboxylic acid groups (broad SMARTS) is 1. The van der Waals surface area contributed by atoms with Gasteiger partial charge in [-0.05, 0) is 25.8 Å². The van der Waals surface area contributed by atoms with Crippen LogP contribution < -0.4 is 5.56 Å². The van der Waals surface area contributed by atoms with Crippen molar-refractivity contribution in [3.8, 4) is 0 Å². The Morgan fingerprint density at radius 3 is 2.67 bits per heavy atom. The van der Waals surface area contributed by atoms with Crippen LogP contribution in [0.1, 0.15) is 49.5 Å². The van der Waals surface area contributed by atoms with Gasteiger partial charge in [-0.1, -0.05) is 0 Å². The Morgan fingerprint density at radius 2 is 2.08 bits per heavy atom. The maximum atomic E-state index is 12.4. The number of nitrogens with zero attached hydrogens (tertiary/aromatic N) is 2. The first-order chi connectivity index (χ1) is 11.5. The summed E-state index contributed by atoms with van der Waals surface area (Å²) in [5, 5.41) is 9.96. The minimum absolute atomic E-state index is 0.152. The normalized spacial score (nSPS) is 15.5. The van der Waals surface area contributed by atoms with Gasteiger partial charge in [0.15, 0.2) is 0 Å². The molecule has 1 saturated heterocycles. The molecule has 2 N–H and O–H groups in total. The number of carbonyl (C=O) groups excluding carboxylic acids is 1. The van der Waals surface area contributed by atoms with Gasteiger partial charge in [-0.2, -0.15) is 0 Å². The number of thiazole rings is 1. The van der Waals surface area contributed by atoms with Crippen LogP contribution >= 0.6 is 11.3 Å². The molecule has 8 heteroatoms. The largest absolute Gasteiger partial charge is 0.477 e. The number of hydrogen-bond donors (Lipinski definition) is 2. The van der Waals surface area contributed by atoms with Gasteiger partial charge < -0.3 is 15.0 Å². The maximum Gasteiger partial charge on any atom is 0.347 e. The minimum Gasteiger partial charge on any atom is -0.477 e. The highest BCUT2D eigenvalue weighted by Crippen LogP contribution is 2.32. The van der Waals surface area contributed by atoms with Crippen molar-refractivity contribution in [2.75, 3.05) is 13.1 Å². The second-order valence-corrected chi connectivity index (χ2v) is 6.81. The van der Waals surface area contributed by atoms with Crippen LogP contribution in [0.2, 0.25) is 0 Å². The molecule has 24 heavy (non-hydrogen) atoms. The first-order valence-corrected chi connectivity index (χ1v) is 8.46. The Morgan fingerprint density at radius 1 is 1.38 bits per heavy atom. The third kappa shape index (κ3) is 3.23. The number of aryl methyl sites for hydroxylation is 1. The van der Waals surface area contributed by atoms with Gasteiger partial charge in [0.2, 0.25) is 5.56 Å². The number of aromatic amines is 1. The van der Waals surface area contributed by atoms with Gasteiger partial charge >= 0.3 is 5.97 Å². The summed E-state index contributed by atoms with van der Waals surface area (Å²) in [5.41, 5.74) is 0.634. The van der Waals surface area contributed by atoms with E-state index in [2.05, 4.69) is 9.97 Å². The summed E-state index contributed by atoms with van der Waals surface area (Å²) in [6, 6.07) is 2.90. The molecular weight excluding hydrogens is 330 g/mol. The summed E-state index contributed by atoms with van der Waals surface area (Å²) in [4.78, 5) is 43.8. The number of nitrogens with one attached hydrogen (secondary N) is 1. The Bertz CT molecular complexity index is 834. The molecule has 0 spiro atoms. The van der Waals surface area contributed by atoms with Crippen LogP contribution in [-0.2, 0) is 0 Å². The summed E-state index contributed by atoms with van der Waals surface area (Å²) < 4.78 is 0. The summed E-state index contributed by atoms with van der Waals surface area (Å²) >= 11 is 1.22. The summed E-state index contributed by atoms with van der Waals surface area (Å²) in [7, 11) is 0. The molecule has 1 amide bonds. The average molecular weight is 347 g/mol. The molecule has 0 aliphatic carbocycles. The highest BCUT2D eigenvalue weighted by Gasteiger charge is 2.27. The van der Waals surface area contributed by atoms with Crippen LogP contribution in [0.15, 0.2) is 23.1 Å². The Balaban J connectivity index is 1.67. The fraction of sp³-hybridized carbons (Fsp3) is 0.375. The van der Waals surface area contributed by atoms with E-state index in [1.165, 1.54) is 23.6 Å². The molecule has 126 valence electrons. The van der Waals surface area contributed by atoms with Crippen molar-refractivity contribution >= 4 is 23.2 Å². The molecule has 3 heterocycles. The molecule has 0 aromatic carbocycles. The lowest BCUT2D eigenvalue weighted by Crippen LogP contribution is -2.38. The zero-order valence-corrected chi connectivity index (χ0v) is 13.9. The standard InChI is InChI=1S/C16H17N3O4S/c1-9-13(16(22)23)24-14(18-9)10-3-6-19(7-4-10)15(21)11-2-5-17-12(20)8-11/h2,5,8,10H,3-4,6-7H2,1H3,(H,17,20)(H,22,23). The third-order valence-electron chi connectivity index (χ3n) is 4.16.